The number of nitrogens with one attached hydrogen (secondary N) is 2. The molecule has 0 amide bonds. The second kappa shape index (κ2) is 7.60. The quantitative estimate of drug-likeness (QED) is 0.645. The van der Waals surface area contributed by atoms with E-state index in [2.05, 4.69) is 15.5 Å². The van der Waals surface area contributed by atoms with E-state index in [1.807, 2.05) is 54.7 Å². The van der Waals surface area contributed by atoms with Crippen LogP contribution in [0.25, 0.3) is 11.1 Å². The van der Waals surface area contributed by atoms with Gasteiger partial charge in [-0.25, -0.2) is 0 Å². The first-order valence-electron chi connectivity index (χ1n) is 9.01. The van der Waals surface area contributed by atoms with Gasteiger partial charge in [-0.2, -0.15) is 5.10 Å². The summed E-state index contributed by atoms with van der Waals surface area (Å²) < 4.78 is 10.4. The lowest BCUT2D eigenvalue weighted by Gasteiger charge is -2.13. The maximum atomic E-state index is 13.3. The van der Waals surface area contributed by atoms with Crippen molar-refractivity contribution in [1.82, 2.24) is 10.4 Å². The van der Waals surface area contributed by atoms with E-state index in [-0.39, 0.29) is 11.7 Å². The van der Waals surface area contributed by atoms with Gasteiger partial charge in [-0.15, -0.1) is 0 Å². The fraction of sp³-hybridized carbons (Fsp3) is 0.182. The molecular weight excluding hydrogens is 354 g/mol. The van der Waals surface area contributed by atoms with E-state index in [1.165, 1.54) is 0 Å². The first kappa shape index (κ1) is 17.9. The third kappa shape index (κ3) is 3.24. The maximum Gasteiger partial charge on any atom is 0.211 e. The molecule has 0 spiro atoms. The van der Waals surface area contributed by atoms with Crippen LogP contribution in [0.15, 0.2) is 66.0 Å². The summed E-state index contributed by atoms with van der Waals surface area (Å²) in [7, 11) is 3.26. The van der Waals surface area contributed by atoms with Gasteiger partial charge >= 0.3 is 0 Å². The fourth-order valence-corrected chi connectivity index (χ4v) is 3.42. The molecule has 0 aliphatic carbocycles. The zero-order valence-electron chi connectivity index (χ0n) is 15.7. The predicted molar refractivity (Wildman–Crippen MR) is 108 cm³/mol. The Morgan fingerprint density at radius 1 is 0.964 bits per heavy atom. The fourth-order valence-electron chi connectivity index (χ4n) is 3.42. The molecule has 1 atom stereocenters. The van der Waals surface area contributed by atoms with Gasteiger partial charge in [0.15, 0.2) is 0 Å². The van der Waals surface area contributed by atoms with Crippen molar-refractivity contribution in [2.24, 2.45) is 5.10 Å². The number of Topliss-reactive ketones (excluding diaryl/α,β-unsaturated/α-hetero) is 1. The molecule has 3 aromatic rings. The van der Waals surface area contributed by atoms with Crippen LogP contribution < -0.4 is 14.9 Å². The van der Waals surface area contributed by atoms with Gasteiger partial charge in [-0.3, -0.25) is 4.79 Å². The second-order valence-electron chi connectivity index (χ2n) is 6.53. The maximum absolute atomic E-state index is 13.3. The highest BCUT2D eigenvalue weighted by atomic mass is 16.5. The lowest BCUT2D eigenvalue weighted by molar-refractivity contribution is 0.106. The number of carbonyl (C=O) groups excluding carboxylic acids is 1. The number of hydrogen-bond donors (Lipinski definition) is 2. The van der Waals surface area contributed by atoms with Crippen LogP contribution >= 0.6 is 0 Å². The number of ketones is 1. The van der Waals surface area contributed by atoms with Crippen LogP contribution in [0, 0.1) is 0 Å². The molecule has 1 aliphatic rings. The number of aromatic amines is 1. The highest BCUT2D eigenvalue weighted by Crippen LogP contribution is 2.29. The molecule has 0 saturated carbocycles. The Kier molecular flexibility index (Phi) is 4.85. The molecule has 2 heterocycles. The van der Waals surface area contributed by atoms with Crippen LogP contribution in [0.4, 0.5) is 0 Å². The van der Waals surface area contributed by atoms with E-state index in [1.54, 1.807) is 20.4 Å². The first-order chi connectivity index (χ1) is 13.7. The number of nitrogens with zero attached hydrogens (tertiary/aromatic N) is 1. The van der Waals surface area contributed by atoms with E-state index < -0.39 is 0 Å². The Balaban J connectivity index is 1.63. The summed E-state index contributed by atoms with van der Waals surface area (Å²) in [4.78, 5) is 16.3. The van der Waals surface area contributed by atoms with Crippen LogP contribution in [0.2, 0.25) is 0 Å². The average Bonchev–Trinajstić information content (AvgIpc) is 3.43. The zero-order chi connectivity index (χ0) is 19.5. The molecule has 1 aromatic heterocycles. The van der Waals surface area contributed by atoms with Gasteiger partial charge in [0.05, 0.1) is 20.1 Å². The van der Waals surface area contributed by atoms with Crippen molar-refractivity contribution in [3.8, 4) is 22.6 Å². The van der Waals surface area contributed by atoms with Crippen LogP contribution in [0.3, 0.4) is 0 Å². The minimum absolute atomic E-state index is 0.0853. The lowest BCUT2D eigenvalue weighted by Crippen LogP contribution is -2.21. The summed E-state index contributed by atoms with van der Waals surface area (Å²) in [5, 5.41) is 4.31. The first-order valence-corrected chi connectivity index (χ1v) is 9.01. The summed E-state index contributed by atoms with van der Waals surface area (Å²) in [5.74, 6) is 1.37. The summed E-state index contributed by atoms with van der Waals surface area (Å²) >= 11 is 0. The SMILES string of the molecule is COc1ccc(-c2c[nH]cc2C(=O)C2=NNCC2c2ccc(OC)cc2)cc1. The largest absolute Gasteiger partial charge is 0.497 e. The average molecular weight is 375 g/mol. The van der Waals surface area contributed by atoms with E-state index in [4.69, 9.17) is 9.47 Å². The van der Waals surface area contributed by atoms with Crippen molar-refractivity contribution in [2.45, 2.75) is 5.92 Å². The molecule has 0 saturated heterocycles. The highest BCUT2D eigenvalue weighted by Gasteiger charge is 2.31. The minimum Gasteiger partial charge on any atom is -0.497 e. The van der Waals surface area contributed by atoms with Gasteiger partial charge in [0, 0.05) is 30.1 Å². The zero-order valence-corrected chi connectivity index (χ0v) is 15.7. The van der Waals surface area contributed by atoms with E-state index in [0.717, 1.165) is 28.2 Å². The molecule has 6 nitrogen and oxygen atoms in total. The molecule has 1 unspecified atom stereocenters. The normalized spacial score (nSPS) is 15.6. The van der Waals surface area contributed by atoms with Crippen LogP contribution in [0.1, 0.15) is 21.8 Å². The van der Waals surface area contributed by atoms with Gasteiger partial charge in [0.1, 0.15) is 17.2 Å². The molecule has 28 heavy (non-hydrogen) atoms. The summed E-state index contributed by atoms with van der Waals surface area (Å²) in [5.41, 5.74) is 6.91. The van der Waals surface area contributed by atoms with Gasteiger partial charge in [0.25, 0.3) is 0 Å². The smallest absolute Gasteiger partial charge is 0.211 e. The minimum atomic E-state index is -0.1000. The third-order valence-electron chi connectivity index (χ3n) is 4.97. The molecule has 6 heteroatoms. The van der Waals surface area contributed by atoms with Crippen molar-refractivity contribution < 1.29 is 14.3 Å². The molecule has 1 aliphatic heterocycles. The van der Waals surface area contributed by atoms with Crippen LogP contribution in [-0.4, -0.2) is 37.2 Å². The van der Waals surface area contributed by atoms with Crippen molar-refractivity contribution in [2.75, 3.05) is 20.8 Å². The van der Waals surface area contributed by atoms with Crippen molar-refractivity contribution in [3.05, 3.63) is 72.1 Å². The van der Waals surface area contributed by atoms with Crippen LogP contribution in [-0.2, 0) is 0 Å². The number of rotatable bonds is 6. The number of ether oxygens (including phenoxy) is 2. The van der Waals surface area contributed by atoms with Gasteiger partial charge in [-0.1, -0.05) is 24.3 Å². The monoisotopic (exact) mass is 375 g/mol. The molecule has 4 rings (SSSR count). The van der Waals surface area contributed by atoms with Gasteiger partial charge in [-0.05, 0) is 35.4 Å². The molecule has 2 N–H and O–H groups in total. The highest BCUT2D eigenvalue weighted by molar-refractivity contribution is 6.49. The van der Waals surface area contributed by atoms with Crippen molar-refractivity contribution >= 4 is 11.5 Å². The second-order valence-corrected chi connectivity index (χ2v) is 6.53. The predicted octanol–water partition coefficient (Wildman–Crippen LogP) is 3.62. The third-order valence-corrected chi connectivity index (χ3v) is 4.97. The molecule has 0 fully saturated rings. The Bertz CT molecular complexity index is 1000. The Morgan fingerprint density at radius 2 is 1.61 bits per heavy atom. The molecule has 0 radical (unpaired) electrons. The molecule has 2 aromatic carbocycles. The van der Waals surface area contributed by atoms with Gasteiger partial charge < -0.3 is 19.9 Å². The van der Waals surface area contributed by atoms with Crippen molar-refractivity contribution in [1.29, 1.82) is 0 Å². The summed E-state index contributed by atoms with van der Waals surface area (Å²) in [6.45, 7) is 0.593. The van der Waals surface area contributed by atoms with E-state index >= 15 is 0 Å². The number of H-pyrrole nitrogens is 1. The number of carbonyl (C=O) groups is 1. The van der Waals surface area contributed by atoms with E-state index in [0.29, 0.717) is 17.8 Å². The molecule has 0 bridgehead atoms. The van der Waals surface area contributed by atoms with Gasteiger partial charge in [0.2, 0.25) is 5.78 Å². The lowest BCUT2D eigenvalue weighted by atomic mass is 9.89. The standard InChI is InChI=1S/C22H21N3O3/c1-27-16-7-3-14(4-8-16)18-11-23-12-20(18)22(26)21-19(13-24-25-21)15-5-9-17(28-2)10-6-15/h3-12,19,23-24H,13H2,1-2H3. The summed E-state index contributed by atoms with van der Waals surface area (Å²) in [6, 6.07) is 15.4. The topological polar surface area (TPSA) is 75.7 Å². The number of hydrazone groups is 1. The Morgan fingerprint density at radius 3 is 2.25 bits per heavy atom. The molecular formula is C22H21N3O3. The number of hydrogen-bond acceptors (Lipinski definition) is 5. The molecule has 142 valence electrons. The van der Waals surface area contributed by atoms with Crippen LogP contribution in [0.5, 0.6) is 11.5 Å². The number of benzene rings is 2. The Labute approximate surface area is 163 Å². The van der Waals surface area contributed by atoms with Crippen molar-refractivity contribution in [3.63, 3.8) is 0 Å². The van der Waals surface area contributed by atoms with E-state index in [9.17, 15) is 4.79 Å². The number of methoxy groups -OCH3 is 2. The Hall–Kier alpha value is -3.54. The number of aromatic nitrogens is 1. The summed E-state index contributed by atoms with van der Waals surface area (Å²) in [6.07, 6.45) is 3.56.